The number of nitrogens with one attached hydrogen (secondary N) is 12. The Morgan fingerprint density at radius 1 is 0.639 bits per heavy atom. The van der Waals surface area contributed by atoms with Crippen molar-refractivity contribution in [1.29, 1.82) is 0 Å². The molecule has 28 heteroatoms. The van der Waals surface area contributed by atoms with Gasteiger partial charge in [-0.15, -0.1) is 0 Å². The number of phenolic OH excluding ortho intramolecular Hbond substituents is 1. The Balaban J connectivity index is 1.48. The molecule has 16 N–H and O–H groups in total. The number of aldehydes is 1. The van der Waals surface area contributed by atoms with Crippen molar-refractivity contribution in [2.24, 2.45) is 17.6 Å². The van der Waals surface area contributed by atoms with Gasteiger partial charge in [0.15, 0.2) is 28.9 Å². The van der Waals surface area contributed by atoms with Gasteiger partial charge in [-0.3, -0.25) is 62.9 Å². The Morgan fingerprint density at radius 3 is 1.94 bits per heavy atom. The Bertz CT molecular complexity index is 3690. The normalized spacial score (nSPS) is 24.1. The van der Waals surface area contributed by atoms with Crippen LogP contribution in [0.1, 0.15) is 182 Å². The average molecular weight is 1500 g/mol. The van der Waals surface area contributed by atoms with Crippen molar-refractivity contribution in [3.8, 4) is 5.75 Å². The van der Waals surface area contributed by atoms with Gasteiger partial charge in [-0.2, -0.15) is 0 Å². The lowest BCUT2D eigenvalue weighted by Gasteiger charge is -2.33. The largest absolute Gasteiger partial charge is 0.508 e. The molecule has 12 atom stereocenters. The first-order valence-corrected chi connectivity index (χ1v) is 37.8. The molecule has 0 saturated heterocycles. The summed E-state index contributed by atoms with van der Waals surface area (Å²) in [4.78, 5) is 184. The van der Waals surface area contributed by atoms with Crippen LogP contribution in [0.5, 0.6) is 5.75 Å². The molecule has 1 aromatic heterocycles. The van der Waals surface area contributed by atoms with Crippen LogP contribution in [0.2, 0.25) is 0 Å². The van der Waals surface area contributed by atoms with Crippen molar-refractivity contribution in [3.63, 3.8) is 0 Å². The summed E-state index contributed by atoms with van der Waals surface area (Å²) in [6, 6.07) is 11.2. The summed E-state index contributed by atoms with van der Waals surface area (Å²) in [5, 5.41) is 41.8. The lowest BCUT2D eigenvalue weighted by Crippen LogP contribution is -2.64. The van der Waals surface area contributed by atoms with Gasteiger partial charge in [0.1, 0.15) is 24.1 Å². The number of para-hydroxylation sites is 1. The predicted molar refractivity (Wildman–Crippen MR) is 411 cm³/mol. The Hall–Kier alpha value is -8.87. The molecule has 0 bridgehead atoms. The van der Waals surface area contributed by atoms with Gasteiger partial charge >= 0.3 is 0 Å². The van der Waals surface area contributed by atoms with Crippen molar-refractivity contribution >= 4 is 87.2 Å². The summed E-state index contributed by atoms with van der Waals surface area (Å²) in [6.45, 7) is 15.2. The number of aromatic hydroxyl groups is 1. The van der Waals surface area contributed by atoms with Gasteiger partial charge in [0.25, 0.3) is 0 Å². The zero-order chi connectivity index (χ0) is 79.7. The topological polar surface area (TPSA) is 437 Å². The second kappa shape index (κ2) is 45.2. The summed E-state index contributed by atoms with van der Waals surface area (Å²) in [6.07, 6.45) is 9.69. The van der Waals surface area contributed by atoms with E-state index in [4.69, 9.17) is 5.73 Å². The molecule has 1 aliphatic heterocycles. The highest BCUT2D eigenvalue weighted by Gasteiger charge is 2.40. The molecule has 0 unspecified atom stereocenters. The summed E-state index contributed by atoms with van der Waals surface area (Å²) < 4.78 is 0. The first-order chi connectivity index (χ1) is 51.2. The zero-order valence-electron chi connectivity index (χ0n) is 64.4. The number of hydrogen-bond donors (Lipinski definition) is 15. The highest BCUT2D eigenvalue weighted by atomic mass is 16.3. The number of H-pyrrole nitrogens is 1. The van der Waals surface area contributed by atoms with Crippen LogP contribution in [0.25, 0.3) is 10.9 Å². The van der Waals surface area contributed by atoms with E-state index in [-0.39, 0.29) is 62.5 Å². The third kappa shape index (κ3) is 30.6. The number of Topliss-reactive ketones (excluding diaryl/α,β-unsaturated/α-hetero) is 7. The van der Waals surface area contributed by atoms with E-state index >= 15 is 0 Å². The van der Waals surface area contributed by atoms with Crippen molar-refractivity contribution in [3.05, 3.63) is 114 Å². The number of hydrogen-bond acceptors (Lipinski definition) is 22. The fourth-order valence-corrected chi connectivity index (χ4v) is 12.5. The SMILES string of the molecule is CC(=O)N[C@@H](CC(C)C)C(=O)N[C@H](C(=O)C(=O)[C@H](Cc1ccccc1)NN[C@]1(C)CCCCCC/C=C/CCC[C@@](C)(C=O)NC(=O)[C@H](CCC(C)C)NN[C@@H](CCC(N)=O)C(=O)CN[C@@H](C)C(=O)CC(=O)[C@H](Cc2c[nH]c3ccccc23)NC(=O)[C@H](Cc2ccc(O)cc2)NCC(=O)[C@H](C)NCC1=O)[C@@H](C)O. The van der Waals surface area contributed by atoms with Crippen LogP contribution in [0.3, 0.4) is 0 Å². The molecule has 3 aromatic carbocycles. The number of carbonyl (C=O) groups excluding carboxylic acids is 13. The molecule has 0 aliphatic carbocycles. The summed E-state index contributed by atoms with van der Waals surface area (Å²) >= 11 is 0. The maximum absolute atomic E-state index is 14.9. The average Bonchev–Trinajstić information content (AvgIpc) is 1.67. The van der Waals surface area contributed by atoms with Gasteiger partial charge in [-0.05, 0) is 158 Å². The van der Waals surface area contributed by atoms with Gasteiger partial charge in [0.05, 0.1) is 85.5 Å². The van der Waals surface area contributed by atoms with E-state index < -0.39 is 168 Å². The molecular formula is C80H117N13O15. The third-order valence-corrected chi connectivity index (χ3v) is 19.5. The van der Waals surface area contributed by atoms with Crippen molar-refractivity contribution in [1.82, 2.24) is 63.9 Å². The van der Waals surface area contributed by atoms with Crippen molar-refractivity contribution in [2.75, 3.05) is 19.6 Å². The second-order valence-electron chi connectivity index (χ2n) is 30.0. The fraction of sp³-hybridized carbons (Fsp3) is 0.562. The highest BCUT2D eigenvalue weighted by Crippen LogP contribution is 2.23. The Labute approximate surface area is 634 Å². The van der Waals surface area contributed by atoms with Gasteiger partial charge in [0, 0.05) is 36.9 Å². The van der Waals surface area contributed by atoms with Crippen LogP contribution in [-0.2, 0) is 81.6 Å². The lowest BCUT2D eigenvalue weighted by molar-refractivity contribution is -0.142. The van der Waals surface area contributed by atoms with E-state index in [0.717, 1.165) is 23.7 Å². The number of phenols is 1. The number of amides is 5. The maximum Gasteiger partial charge on any atom is 0.243 e. The standard InChI is InChI=1S/C80H117N13O15/c1-49(2)29-34-62-78(108)89-79(9,48-94)37-23-16-14-12-11-13-15-17-24-38-80(10,93-92-64(40-55-25-19-18-20-26-55)74(104)75(105)73(53(7)95)88-77(107)66(39-50(3)4)86-54(8)96)71(102)47-83-52(6)69(100)45-85-65(41-56-30-32-58(97)33-31-56)76(106)87-63(42-57-44-84-60-28-22-21-27-59(57)60)68(99)43-67(98)51(5)82-46-70(101)61(90-91-62)35-36-72(81)103/h12,14,18-22,25-28,30-33,44,48-53,61-66,73,82-85,90-93,95,97H,11,13,15-17,23-24,29,34-43,45-47H2,1-10H3,(H2,81,103)(H,86,96)(H,87,106)(H,88,107)(H,89,108)/b14-12+/t51-,52-,53+,61-,62-,63-,64-,65-,66-,73-,79-,80+/m0/s1. The molecule has 1 aliphatic rings. The van der Waals surface area contributed by atoms with E-state index in [1.54, 1.807) is 69.4 Å². The number of fused-ring (bicyclic) bond motifs is 1. The smallest absolute Gasteiger partial charge is 0.243 e. The molecule has 4 aromatic rings. The number of rotatable bonds is 25. The van der Waals surface area contributed by atoms with Gasteiger partial charge in [-0.1, -0.05) is 120 Å². The number of benzene rings is 3. The first kappa shape index (κ1) is 89.8. The summed E-state index contributed by atoms with van der Waals surface area (Å²) in [5.41, 5.74) is 17.4. The number of allylic oxidation sites excluding steroid dienone is 2. The van der Waals surface area contributed by atoms with Crippen LogP contribution < -0.4 is 64.7 Å². The minimum atomic E-state index is -1.73. The number of aromatic amines is 1. The molecule has 108 heavy (non-hydrogen) atoms. The van der Waals surface area contributed by atoms with Gasteiger partial charge in [0.2, 0.25) is 41.1 Å². The van der Waals surface area contributed by atoms with Crippen LogP contribution in [0.4, 0.5) is 0 Å². The van der Waals surface area contributed by atoms with Crippen LogP contribution in [-0.4, -0.2) is 183 Å². The maximum atomic E-state index is 14.9. The number of hydrazine groups is 2. The van der Waals surface area contributed by atoms with E-state index in [2.05, 4.69) is 63.9 Å². The van der Waals surface area contributed by atoms with E-state index in [1.165, 1.54) is 32.9 Å². The zero-order valence-corrected chi connectivity index (χ0v) is 64.4. The van der Waals surface area contributed by atoms with Gasteiger partial charge < -0.3 is 57.6 Å². The summed E-state index contributed by atoms with van der Waals surface area (Å²) in [5.74, 6) is -8.07. The number of aliphatic hydroxyl groups excluding tert-OH is 1. The van der Waals surface area contributed by atoms with Crippen molar-refractivity contribution in [2.45, 2.75) is 256 Å². The monoisotopic (exact) mass is 1500 g/mol. The molecule has 592 valence electrons. The molecule has 5 rings (SSSR count). The number of primary amides is 1. The van der Waals surface area contributed by atoms with Gasteiger partial charge in [-0.25, -0.2) is 21.7 Å². The lowest BCUT2D eigenvalue weighted by atomic mass is 9.89. The van der Waals surface area contributed by atoms with E-state index in [1.807, 2.05) is 64.1 Å². The minimum absolute atomic E-state index is 0.0462. The molecule has 0 radical (unpaired) electrons. The van der Waals surface area contributed by atoms with Crippen molar-refractivity contribution < 1.29 is 72.5 Å². The predicted octanol–water partition coefficient (Wildman–Crippen LogP) is 4.00. The number of aromatic nitrogens is 1. The molecule has 0 fully saturated rings. The number of nitrogens with two attached hydrogens (primary N) is 1. The van der Waals surface area contributed by atoms with Crippen LogP contribution in [0.15, 0.2) is 97.2 Å². The number of carbonyl (C=O) groups is 13. The Kier molecular flexibility index (Phi) is 37.6. The van der Waals surface area contributed by atoms with Crippen LogP contribution >= 0.6 is 0 Å². The molecule has 2 heterocycles. The summed E-state index contributed by atoms with van der Waals surface area (Å²) in [7, 11) is 0. The highest BCUT2D eigenvalue weighted by molar-refractivity contribution is 6.41. The number of aliphatic hydroxyl groups is 1. The number of ketones is 7. The third-order valence-electron chi connectivity index (χ3n) is 19.5. The van der Waals surface area contributed by atoms with E-state index in [9.17, 15) is 72.5 Å². The molecular weight excluding hydrogens is 1380 g/mol. The molecule has 5 amide bonds. The Morgan fingerprint density at radius 2 is 1.28 bits per heavy atom. The molecule has 28 nitrogen and oxygen atoms in total. The minimum Gasteiger partial charge on any atom is -0.508 e. The van der Waals surface area contributed by atoms with Crippen LogP contribution in [0, 0.1) is 11.8 Å². The quantitative estimate of drug-likeness (QED) is 0.0147. The molecule has 0 spiro atoms. The molecule has 0 saturated carbocycles. The first-order valence-electron chi connectivity index (χ1n) is 37.8. The second-order valence-corrected chi connectivity index (χ2v) is 30.0. The fourth-order valence-electron chi connectivity index (χ4n) is 12.5. The van der Waals surface area contributed by atoms with E-state index in [0.29, 0.717) is 74.3 Å².